The monoisotopic (exact) mass is 297 g/mol. The Morgan fingerprint density at radius 1 is 0.696 bits per heavy atom. The van der Waals surface area contributed by atoms with Gasteiger partial charge in [-0.3, -0.25) is 0 Å². The van der Waals surface area contributed by atoms with E-state index in [-0.39, 0.29) is 0 Å². The molecular formula is C21H15NO. The molecule has 0 saturated heterocycles. The Kier molecular flexibility index (Phi) is 2.45. The second-order valence-electron chi connectivity index (χ2n) is 5.83. The quantitative estimate of drug-likeness (QED) is 0.377. The van der Waals surface area contributed by atoms with Gasteiger partial charge >= 0.3 is 0 Å². The van der Waals surface area contributed by atoms with Crippen LogP contribution in [0.3, 0.4) is 0 Å². The van der Waals surface area contributed by atoms with Crippen LogP contribution in [0.2, 0.25) is 0 Å². The largest absolute Gasteiger partial charge is 0.495 e. The summed E-state index contributed by atoms with van der Waals surface area (Å²) in [6.45, 7) is 0. The van der Waals surface area contributed by atoms with Crippen LogP contribution >= 0.6 is 0 Å². The lowest BCUT2D eigenvalue weighted by Crippen LogP contribution is -1.94. The Balaban J connectivity index is 2.23. The maximum absolute atomic E-state index is 5.68. The van der Waals surface area contributed by atoms with E-state index in [1.807, 2.05) is 6.07 Å². The minimum Gasteiger partial charge on any atom is -0.495 e. The number of hydrogen-bond donors (Lipinski definition) is 0. The Hall–Kier alpha value is -3.00. The van der Waals surface area contributed by atoms with Crippen molar-refractivity contribution in [2.45, 2.75) is 0 Å². The summed E-state index contributed by atoms with van der Waals surface area (Å²) in [5.74, 6) is 0.902. The second kappa shape index (κ2) is 4.50. The first-order chi connectivity index (χ1) is 11.4. The maximum Gasteiger partial charge on any atom is 0.143 e. The molecule has 0 atom stereocenters. The van der Waals surface area contributed by atoms with Crippen molar-refractivity contribution in [1.82, 2.24) is 4.40 Å². The molecule has 110 valence electrons. The highest BCUT2D eigenvalue weighted by atomic mass is 16.5. The summed E-state index contributed by atoms with van der Waals surface area (Å²) in [5, 5.41) is 4.99. The molecular weight excluding hydrogens is 282 g/mol. The minimum absolute atomic E-state index is 0.902. The molecule has 0 amide bonds. The number of fused-ring (bicyclic) bond motifs is 8. The average molecular weight is 297 g/mol. The molecule has 0 spiro atoms. The Morgan fingerprint density at radius 2 is 1.43 bits per heavy atom. The molecule has 23 heavy (non-hydrogen) atoms. The van der Waals surface area contributed by atoms with Crippen LogP contribution in [0.1, 0.15) is 0 Å². The SMILES string of the molecule is COc1cccc2c3ccccc3c3cc4ccccc4n3c12. The van der Waals surface area contributed by atoms with Crippen LogP contribution in [0.5, 0.6) is 5.75 Å². The molecule has 0 saturated carbocycles. The first-order valence-corrected chi connectivity index (χ1v) is 7.76. The first-order valence-electron chi connectivity index (χ1n) is 7.76. The van der Waals surface area contributed by atoms with Gasteiger partial charge in [-0.25, -0.2) is 0 Å². The van der Waals surface area contributed by atoms with Gasteiger partial charge in [0.2, 0.25) is 0 Å². The molecule has 0 radical (unpaired) electrons. The maximum atomic E-state index is 5.68. The minimum atomic E-state index is 0.902. The number of para-hydroxylation sites is 2. The molecule has 2 heterocycles. The van der Waals surface area contributed by atoms with Crippen LogP contribution in [-0.4, -0.2) is 11.5 Å². The van der Waals surface area contributed by atoms with E-state index in [9.17, 15) is 0 Å². The summed E-state index contributed by atoms with van der Waals surface area (Å²) in [4.78, 5) is 0. The Morgan fingerprint density at radius 3 is 2.30 bits per heavy atom. The lowest BCUT2D eigenvalue weighted by molar-refractivity contribution is 0.418. The summed E-state index contributed by atoms with van der Waals surface area (Å²) in [6.07, 6.45) is 0. The Labute approximate surface area is 133 Å². The van der Waals surface area contributed by atoms with Gasteiger partial charge < -0.3 is 9.14 Å². The van der Waals surface area contributed by atoms with Crippen molar-refractivity contribution in [2.75, 3.05) is 7.11 Å². The summed E-state index contributed by atoms with van der Waals surface area (Å²) >= 11 is 0. The highest BCUT2D eigenvalue weighted by Crippen LogP contribution is 2.37. The molecule has 2 nitrogen and oxygen atoms in total. The van der Waals surface area contributed by atoms with Crippen molar-refractivity contribution in [3.05, 3.63) is 72.8 Å². The van der Waals surface area contributed by atoms with E-state index in [4.69, 9.17) is 4.74 Å². The number of hydrogen-bond acceptors (Lipinski definition) is 1. The summed E-state index contributed by atoms with van der Waals surface area (Å²) in [7, 11) is 1.74. The van der Waals surface area contributed by atoms with Crippen molar-refractivity contribution in [1.29, 1.82) is 0 Å². The van der Waals surface area contributed by atoms with E-state index in [0.29, 0.717) is 0 Å². The van der Waals surface area contributed by atoms with Gasteiger partial charge in [-0.1, -0.05) is 54.6 Å². The molecule has 0 aliphatic heterocycles. The van der Waals surface area contributed by atoms with E-state index in [1.54, 1.807) is 7.11 Å². The fourth-order valence-electron chi connectivity index (χ4n) is 3.67. The van der Waals surface area contributed by atoms with Gasteiger partial charge in [0, 0.05) is 16.2 Å². The summed E-state index contributed by atoms with van der Waals surface area (Å²) in [6, 6.07) is 25.6. The van der Waals surface area contributed by atoms with E-state index >= 15 is 0 Å². The predicted octanol–water partition coefficient (Wildman–Crippen LogP) is 5.41. The molecule has 0 N–H and O–H groups in total. The molecule has 3 aromatic carbocycles. The number of methoxy groups -OCH3 is 1. The number of rotatable bonds is 1. The van der Waals surface area contributed by atoms with E-state index in [0.717, 1.165) is 11.3 Å². The average Bonchev–Trinajstić information content (AvgIpc) is 3.01. The molecule has 0 bridgehead atoms. The van der Waals surface area contributed by atoms with Gasteiger partial charge in [0.1, 0.15) is 5.75 Å². The molecule has 2 heteroatoms. The number of pyridine rings is 1. The van der Waals surface area contributed by atoms with Gasteiger partial charge in [-0.05, 0) is 23.6 Å². The number of benzene rings is 3. The normalized spacial score (nSPS) is 11.7. The Bertz CT molecular complexity index is 1200. The zero-order valence-corrected chi connectivity index (χ0v) is 12.8. The van der Waals surface area contributed by atoms with Crippen LogP contribution in [0.4, 0.5) is 0 Å². The second-order valence-corrected chi connectivity index (χ2v) is 5.83. The summed E-state index contributed by atoms with van der Waals surface area (Å²) in [5.41, 5.74) is 3.56. The lowest BCUT2D eigenvalue weighted by atomic mass is 10.0. The van der Waals surface area contributed by atoms with Crippen LogP contribution in [0.15, 0.2) is 72.8 Å². The fraction of sp³-hybridized carbons (Fsp3) is 0.0476. The van der Waals surface area contributed by atoms with E-state index in [1.165, 1.54) is 32.6 Å². The van der Waals surface area contributed by atoms with E-state index < -0.39 is 0 Å². The number of ether oxygens (including phenoxy) is 1. The van der Waals surface area contributed by atoms with Crippen LogP contribution in [0, 0.1) is 0 Å². The van der Waals surface area contributed by atoms with Gasteiger partial charge in [0.05, 0.1) is 23.7 Å². The molecule has 0 aliphatic carbocycles. The predicted molar refractivity (Wildman–Crippen MR) is 96.5 cm³/mol. The molecule has 2 aromatic heterocycles. The first kappa shape index (κ1) is 12.5. The van der Waals surface area contributed by atoms with Crippen LogP contribution < -0.4 is 4.74 Å². The van der Waals surface area contributed by atoms with Gasteiger partial charge in [-0.15, -0.1) is 0 Å². The third-order valence-electron chi connectivity index (χ3n) is 4.65. The van der Waals surface area contributed by atoms with Gasteiger partial charge in [-0.2, -0.15) is 0 Å². The zero-order chi connectivity index (χ0) is 15.4. The molecule has 0 fully saturated rings. The molecule has 5 rings (SSSR count). The highest BCUT2D eigenvalue weighted by Gasteiger charge is 2.14. The standard InChI is InChI=1S/C21H15NO/c1-23-20-12-6-10-17-15-8-3-4-9-16(15)19-13-14-7-2-5-11-18(14)22(19)21(17)20/h2-13H,1H3. The zero-order valence-electron chi connectivity index (χ0n) is 12.8. The van der Waals surface area contributed by atoms with Gasteiger partial charge in [0.25, 0.3) is 0 Å². The third kappa shape index (κ3) is 1.58. The number of aromatic nitrogens is 1. The molecule has 0 aliphatic rings. The van der Waals surface area contributed by atoms with Crippen molar-refractivity contribution in [2.24, 2.45) is 0 Å². The molecule has 5 aromatic rings. The smallest absolute Gasteiger partial charge is 0.143 e. The van der Waals surface area contributed by atoms with Crippen LogP contribution in [0.25, 0.3) is 38.1 Å². The fourth-order valence-corrected chi connectivity index (χ4v) is 3.67. The van der Waals surface area contributed by atoms with Crippen molar-refractivity contribution in [3.8, 4) is 5.75 Å². The van der Waals surface area contributed by atoms with Crippen molar-refractivity contribution in [3.63, 3.8) is 0 Å². The summed E-state index contributed by atoms with van der Waals surface area (Å²) < 4.78 is 8.01. The van der Waals surface area contributed by atoms with Crippen molar-refractivity contribution >= 4 is 38.1 Å². The molecule has 0 unspecified atom stereocenters. The highest BCUT2D eigenvalue weighted by molar-refractivity contribution is 6.16. The third-order valence-corrected chi connectivity index (χ3v) is 4.65. The van der Waals surface area contributed by atoms with Crippen molar-refractivity contribution < 1.29 is 4.74 Å². The van der Waals surface area contributed by atoms with Gasteiger partial charge in [0.15, 0.2) is 0 Å². The number of nitrogens with zero attached hydrogens (tertiary/aromatic N) is 1. The topological polar surface area (TPSA) is 13.6 Å². The van der Waals surface area contributed by atoms with E-state index in [2.05, 4.69) is 71.1 Å². The van der Waals surface area contributed by atoms with Crippen LogP contribution in [-0.2, 0) is 0 Å². The lowest BCUT2D eigenvalue weighted by Gasteiger charge is -2.13.